The monoisotopic (exact) mass is 252 g/mol. The molecule has 1 N–H and O–H groups in total. The van der Waals surface area contributed by atoms with Crippen LogP contribution in [0.2, 0.25) is 0 Å². The zero-order valence-corrected chi connectivity index (χ0v) is 10.4. The molecule has 1 atom stereocenters. The predicted octanol–water partition coefficient (Wildman–Crippen LogP) is 3.15. The molecule has 1 heterocycles. The second kappa shape index (κ2) is 4.47. The Kier molecular flexibility index (Phi) is 3.17. The van der Waals surface area contributed by atoms with Crippen LogP contribution in [0.25, 0.3) is 0 Å². The van der Waals surface area contributed by atoms with Gasteiger partial charge in [-0.1, -0.05) is 6.07 Å². The van der Waals surface area contributed by atoms with Crippen molar-refractivity contribution in [2.24, 2.45) is 0 Å². The van der Waals surface area contributed by atoms with Gasteiger partial charge in [0.15, 0.2) is 0 Å². The molecule has 2 rings (SSSR count). The molecule has 4 heteroatoms. The van der Waals surface area contributed by atoms with E-state index in [1.54, 1.807) is 6.92 Å². The molecule has 2 aromatic rings. The van der Waals surface area contributed by atoms with Gasteiger partial charge in [-0.15, -0.1) is 11.3 Å². The highest BCUT2D eigenvalue weighted by Gasteiger charge is 2.30. The first-order valence-electron chi connectivity index (χ1n) is 5.16. The molecular formula is C13H13FO2S. The maximum Gasteiger partial charge on any atom is 0.125 e. The Balaban J connectivity index is 2.56. The van der Waals surface area contributed by atoms with Gasteiger partial charge in [-0.25, -0.2) is 4.39 Å². The van der Waals surface area contributed by atoms with E-state index < -0.39 is 11.4 Å². The second-order valence-electron chi connectivity index (χ2n) is 3.89. The van der Waals surface area contributed by atoms with Crippen LogP contribution in [-0.2, 0) is 5.60 Å². The summed E-state index contributed by atoms with van der Waals surface area (Å²) in [5.41, 5.74) is -0.816. The zero-order chi connectivity index (χ0) is 12.5. The number of methoxy groups -OCH3 is 1. The Morgan fingerprint density at radius 1 is 1.35 bits per heavy atom. The highest BCUT2D eigenvalue weighted by Crippen LogP contribution is 2.37. The Hall–Kier alpha value is -1.39. The average Bonchev–Trinajstić information content (AvgIpc) is 2.83. The lowest BCUT2D eigenvalue weighted by Gasteiger charge is -2.24. The number of halogens is 1. The Labute approximate surface area is 103 Å². The Bertz CT molecular complexity index is 506. The molecule has 0 saturated heterocycles. The molecule has 0 radical (unpaired) electrons. The fourth-order valence-corrected chi connectivity index (χ4v) is 2.55. The third kappa shape index (κ3) is 2.18. The number of hydrogen-bond acceptors (Lipinski definition) is 3. The summed E-state index contributed by atoms with van der Waals surface area (Å²) in [6.45, 7) is 1.64. The SMILES string of the molecule is COc1ccc(F)cc1C(C)(O)c1cccs1. The normalized spacial score (nSPS) is 14.4. The van der Waals surface area contributed by atoms with Crippen LogP contribution in [0.4, 0.5) is 4.39 Å². The van der Waals surface area contributed by atoms with Gasteiger partial charge in [-0.3, -0.25) is 0 Å². The molecule has 0 spiro atoms. The van der Waals surface area contributed by atoms with E-state index in [1.807, 2.05) is 17.5 Å². The van der Waals surface area contributed by atoms with Gasteiger partial charge < -0.3 is 9.84 Å². The minimum Gasteiger partial charge on any atom is -0.496 e. The summed E-state index contributed by atoms with van der Waals surface area (Å²) in [6, 6.07) is 7.80. The Morgan fingerprint density at radius 2 is 2.12 bits per heavy atom. The number of thiophene rings is 1. The van der Waals surface area contributed by atoms with E-state index in [0.717, 1.165) is 4.88 Å². The standard InChI is InChI=1S/C13H13FO2S/c1-13(15,12-4-3-7-17-12)10-8-9(14)5-6-11(10)16-2/h3-8,15H,1-2H3. The van der Waals surface area contributed by atoms with E-state index in [4.69, 9.17) is 4.74 Å². The largest absolute Gasteiger partial charge is 0.496 e. The summed E-state index contributed by atoms with van der Waals surface area (Å²) in [7, 11) is 1.50. The molecule has 1 aromatic heterocycles. The maximum absolute atomic E-state index is 13.3. The number of aliphatic hydroxyl groups is 1. The van der Waals surface area contributed by atoms with Crippen LogP contribution in [0.1, 0.15) is 17.4 Å². The second-order valence-corrected chi connectivity index (χ2v) is 4.84. The van der Waals surface area contributed by atoms with Crippen molar-refractivity contribution in [2.75, 3.05) is 7.11 Å². The minimum atomic E-state index is -1.25. The van der Waals surface area contributed by atoms with Crippen LogP contribution in [0.5, 0.6) is 5.75 Å². The van der Waals surface area contributed by atoms with Crippen LogP contribution in [0, 0.1) is 5.82 Å². The molecule has 0 aliphatic heterocycles. The first-order chi connectivity index (χ1) is 8.05. The predicted molar refractivity (Wildman–Crippen MR) is 65.9 cm³/mol. The van der Waals surface area contributed by atoms with Gasteiger partial charge in [0.05, 0.1) is 7.11 Å². The first kappa shape index (κ1) is 12.1. The zero-order valence-electron chi connectivity index (χ0n) is 9.61. The van der Waals surface area contributed by atoms with Crippen molar-refractivity contribution in [1.82, 2.24) is 0 Å². The lowest BCUT2D eigenvalue weighted by Crippen LogP contribution is -2.22. The number of rotatable bonds is 3. The van der Waals surface area contributed by atoms with Gasteiger partial charge in [-0.05, 0) is 36.6 Å². The van der Waals surface area contributed by atoms with Gasteiger partial charge in [0, 0.05) is 10.4 Å². The molecule has 1 unspecified atom stereocenters. The first-order valence-corrected chi connectivity index (χ1v) is 6.04. The van der Waals surface area contributed by atoms with Crippen molar-refractivity contribution in [3.05, 3.63) is 52.0 Å². The number of benzene rings is 1. The molecule has 90 valence electrons. The molecule has 0 fully saturated rings. The van der Waals surface area contributed by atoms with E-state index in [9.17, 15) is 9.50 Å². The van der Waals surface area contributed by atoms with Crippen LogP contribution in [0.15, 0.2) is 35.7 Å². The lowest BCUT2D eigenvalue weighted by atomic mass is 9.93. The molecule has 2 nitrogen and oxygen atoms in total. The molecule has 0 aliphatic carbocycles. The van der Waals surface area contributed by atoms with Gasteiger partial charge in [-0.2, -0.15) is 0 Å². The van der Waals surface area contributed by atoms with E-state index in [-0.39, 0.29) is 0 Å². The summed E-state index contributed by atoms with van der Waals surface area (Å²) >= 11 is 1.42. The van der Waals surface area contributed by atoms with Crippen molar-refractivity contribution in [3.8, 4) is 5.75 Å². The van der Waals surface area contributed by atoms with Crippen molar-refractivity contribution in [3.63, 3.8) is 0 Å². The molecule has 0 saturated carbocycles. The van der Waals surface area contributed by atoms with Crippen LogP contribution in [-0.4, -0.2) is 12.2 Å². The van der Waals surface area contributed by atoms with Crippen molar-refractivity contribution >= 4 is 11.3 Å². The van der Waals surface area contributed by atoms with E-state index in [2.05, 4.69) is 0 Å². The summed E-state index contributed by atoms with van der Waals surface area (Å²) in [5, 5.41) is 12.4. The van der Waals surface area contributed by atoms with E-state index in [1.165, 1.54) is 36.6 Å². The topological polar surface area (TPSA) is 29.5 Å². The van der Waals surface area contributed by atoms with Crippen LogP contribution >= 0.6 is 11.3 Å². The summed E-state index contributed by atoms with van der Waals surface area (Å²) < 4.78 is 18.5. The van der Waals surface area contributed by atoms with Crippen molar-refractivity contribution in [2.45, 2.75) is 12.5 Å². The molecule has 17 heavy (non-hydrogen) atoms. The van der Waals surface area contributed by atoms with Gasteiger partial charge in [0.1, 0.15) is 17.2 Å². The fraction of sp³-hybridized carbons (Fsp3) is 0.231. The van der Waals surface area contributed by atoms with Gasteiger partial charge >= 0.3 is 0 Å². The quantitative estimate of drug-likeness (QED) is 0.909. The summed E-state index contributed by atoms with van der Waals surface area (Å²) in [5.74, 6) is 0.0856. The third-order valence-electron chi connectivity index (χ3n) is 2.69. The van der Waals surface area contributed by atoms with E-state index in [0.29, 0.717) is 11.3 Å². The van der Waals surface area contributed by atoms with Gasteiger partial charge in [0.2, 0.25) is 0 Å². The highest BCUT2D eigenvalue weighted by atomic mass is 32.1. The molecular weight excluding hydrogens is 239 g/mol. The number of ether oxygens (including phenoxy) is 1. The van der Waals surface area contributed by atoms with Gasteiger partial charge in [0.25, 0.3) is 0 Å². The average molecular weight is 252 g/mol. The molecule has 0 amide bonds. The van der Waals surface area contributed by atoms with E-state index >= 15 is 0 Å². The van der Waals surface area contributed by atoms with Crippen LogP contribution in [0.3, 0.4) is 0 Å². The third-order valence-corrected chi connectivity index (χ3v) is 3.77. The molecule has 1 aromatic carbocycles. The van der Waals surface area contributed by atoms with Crippen molar-refractivity contribution in [1.29, 1.82) is 0 Å². The van der Waals surface area contributed by atoms with Crippen LogP contribution < -0.4 is 4.74 Å². The molecule has 0 bridgehead atoms. The summed E-state index contributed by atoms with van der Waals surface area (Å²) in [4.78, 5) is 0.751. The molecule has 0 aliphatic rings. The summed E-state index contributed by atoms with van der Waals surface area (Å²) in [6.07, 6.45) is 0. The Morgan fingerprint density at radius 3 is 2.71 bits per heavy atom. The smallest absolute Gasteiger partial charge is 0.125 e. The lowest BCUT2D eigenvalue weighted by molar-refractivity contribution is 0.102. The minimum absolute atomic E-state index is 0.391. The fourth-order valence-electron chi connectivity index (χ4n) is 1.75. The van der Waals surface area contributed by atoms with Crippen molar-refractivity contribution < 1.29 is 14.2 Å². The highest BCUT2D eigenvalue weighted by molar-refractivity contribution is 7.10. The number of hydrogen-bond donors (Lipinski definition) is 1. The maximum atomic E-state index is 13.3.